The van der Waals surface area contributed by atoms with Gasteiger partial charge in [0.1, 0.15) is 11.6 Å². The summed E-state index contributed by atoms with van der Waals surface area (Å²) in [6.45, 7) is 6.30. The zero-order valence-electron chi connectivity index (χ0n) is 16.6. The van der Waals surface area contributed by atoms with Gasteiger partial charge >= 0.3 is 0 Å². The zero-order chi connectivity index (χ0) is 19.3. The van der Waals surface area contributed by atoms with Gasteiger partial charge in [0.25, 0.3) is 0 Å². The number of likely N-dealkylation sites (N-methyl/N-ethyl adjacent to an activating group) is 2. The van der Waals surface area contributed by atoms with Crippen LogP contribution >= 0.6 is 0 Å². The molecule has 3 amide bonds. The highest BCUT2D eigenvalue weighted by atomic mass is 16.6. The molecule has 2 unspecified atom stereocenters. The molecule has 0 aromatic heterocycles. The van der Waals surface area contributed by atoms with Crippen LogP contribution in [-0.2, 0) is 19.1 Å². The molecule has 0 radical (unpaired) electrons. The number of epoxide rings is 1. The molecule has 6 aliphatic heterocycles. The van der Waals surface area contributed by atoms with Crippen molar-refractivity contribution in [1.82, 2.24) is 14.7 Å². The molecule has 1 aliphatic carbocycles. The van der Waals surface area contributed by atoms with Gasteiger partial charge in [0.05, 0.1) is 17.0 Å². The van der Waals surface area contributed by atoms with E-state index < -0.39 is 21.9 Å². The van der Waals surface area contributed by atoms with Gasteiger partial charge in [-0.25, -0.2) is 0 Å². The summed E-state index contributed by atoms with van der Waals surface area (Å²) in [6.07, 6.45) is 2.31. The topological polar surface area (TPSA) is 73.5 Å². The summed E-state index contributed by atoms with van der Waals surface area (Å²) in [6, 6.07) is -0.140. The standard InChI is InChI=1S/C20H27N3O4/c1-10-8-11(24)23-14-17(2,3)19(12-13(27-12)21(4)15(19)25)9-18(14)6-7-20(10,23)16(26)22(18)5/h10,12-14H,6-9H2,1-5H3/t10-,12?,13-,14?,18+,19+,20+/m0/s1. The lowest BCUT2D eigenvalue weighted by molar-refractivity contribution is -0.196. The second-order valence-electron chi connectivity index (χ2n) is 10.4. The maximum atomic E-state index is 13.5. The largest absolute Gasteiger partial charge is 0.346 e. The van der Waals surface area contributed by atoms with E-state index in [0.717, 1.165) is 6.42 Å². The quantitative estimate of drug-likeness (QED) is 0.582. The van der Waals surface area contributed by atoms with Crippen LogP contribution in [-0.4, -0.2) is 76.0 Å². The van der Waals surface area contributed by atoms with Crippen LogP contribution in [0.3, 0.4) is 0 Å². The summed E-state index contributed by atoms with van der Waals surface area (Å²) in [5, 5.41) is 0. The first-order chi connectivity index (χ1) is 12.6. The Morgan fingerprint density at radius 2 is 1.78 bits per heavy atom. The van der Waals surface area contributed by atoms with Crippen molar-refractivity contribution in [2.24, 2.45) is 16.7 Å². The van der Waals surface area contributed by atoms with Crippen molar-refractivity contribution in [3.05, 3.63) is 0 Å². The van der Waals surface area contributed by atoms with E-state index in [9.17, 15) is 14.4 Å². The minimum absolute atomic E-state index is 0.0116. The van der Waals surface area contributed by atoms with E-state index >= 15 is 0 Å². The first-order valence-electron chi connectivity index (χ1n) is 10.1. The second-order valence-corrected chi connectivity index (χ2v) is 10.4. The Hall–Kier alpha value is -1.63. The summed E-state index contributed by atoms with van der Waals surface area (Å²) in [5.41, 5.74) is -2.33. The number of hydrogen-bond donors (Lipinski definition) is 0. The Morgan fingerprint density at radius 3 is 2.41 bits per heavy atom. The molecule has 0 N–H and O–H groups in total. The van der Waals surface area contributed by atoms with Crippen LogP contribution in [0.1, 0.15) is 46.5 Å². The van der Waals surface area contributed by atoms with Crippen molar-refractivity contribution in [3.63, 3.8) is 0 Å². The molecule has 27 heavy (non-hydrogen) atoms. The van der Waals surface area contributed by atoms with Gasteiger partial charge in [-0.3, -0.25) is 14.4 Å². The van der Waals surface area contributed by atoms with Crippen molar-refractivity contribution in [3.8, 4) is 0 Å². The first kappa shape index (κ1) is 16.3. The van der Waals surface area contributed by atoms with Gasteiger partial charge in [0.2, 0.25) is 17.7 Å². The van der Waals surface area contributed by atoms with Gasteiger partial charge in [-0.05, 0) is 25.2 Å². The minimum Gasteiger partial charge on any atom is -0.346 e. The average Bonchev–Trinajstić information content (AvgIpc) is 3.27. The molecular formula is C20H27N3O4. The summed E-state index contributed by atoms with van der Waals surface area (Å²) >= 11 is 0. The smallest absolute Gasteiger partial charge is 0.249 e. The Morgan fingerprint density at radius 1 is 1.07 bits per heavy atom. The fourth-order valence-corrected chi connectivity index (χ4v) is 8.16. The van der Waals surface area contributed by atoms with E-state index in [0.29, 0.717) is 19.3 Å². The third kappa shape index (κ3) is 1.26. The zero-order valence-corrected chi connectivity index (χ0v) is 16.6. The van der Waals surface area contributed by atoms with Crippen molar-refractivity contribution in [2.75, 3.05) is 14.1 Å². The molecule has 1 saturated carbocycles. The number of carbonyl (C=O) groups is 3. The summed E-state index contributed by atoms with van der Waals surface area (Å²) in [5.74, 6) is 0.284. The van der Waals surface area contributed by atoms with Crippen LogP contribution in [0, 0.1) is 16.7 Å². The Bertz CT molecular complexity index is 841. The van der Waals surface area contributed by atoms with Crippen LogP contribution in [0.4, 0.5) is 0 Å². The number of carbonyl (C=O) groups excluding carboxylic acids is 3. The van der Waals surface area contributed by atoms with Crippen LogP contribution in [0.2, 0.25) is 0 Å². The molecule has 7 heteroatoms. The van der Waals surface area contributed by atoms with Gasteiger partial charge in [-0.15, -0.1) is 0 Å². The van der Waals surface area contributed by atoms with Crippen molar-refractivity contribution in [2.45, 2.75) is 75.9 Å². The van der Waals surface area contributed by atoms with Crippen LogP contribution < -0.4 is 0 Å². The molecule has 7 atom stereocenters. The maximum Gasteiger partial charge on any atom is 0.249 e. The van der Waals surface area contributed by atoms with Gasteiger partial charge in [0.15, 0.2) is 6.23 Å². The van der Waals surface area contributed by atoms with E-state index in [1.54, 1.807) is 4.90 Å². The van der Waals surface area contributed by atoms with Crippen LogP contribution in [0.15, 0.2) is 0 Å². The lowest BCUT2D eigenvalue weighted by atomic mass is 9.61. The maximum absolute atomic E-state index is 13.5. The first-order valence-corrected chi connectivity index (χ1v) is 10.1. The molecule has 2 bridgehead atoms. The molecule has 0 aromatic rings. The van der Waals surface area contributed by atoms with Crippen LogP contribution in [0.25, 0.3) is 0 Å². The number of piperidine rings is 2. The van der Waals surface area contributed by atoms with Crippen molar-refractivity contribution >= 4 is 17.7 Å². The number of ether oxygens (including phenoxy) is 1. The van der Waals surface area contributed by atoms with E-state index in [1.165, 1.54) is 0 Å². The fraction of sp³-hybridized carbons (Fsp3) is 0.850. The number of piperazine rings is 1. The molecular weight excluding hydrogens is 346 g/mol. The summed E-state index contributed by atoms with van der Waals surface area (Å²) in [7, 11) is 3.71. The Balaban J connectivity index is 1.61. The molecule has 7 rings (SSSR count). The van der Waals surface area contributed by atoms with E-state index in [1.807, 2.05) is 30.8 Å². The van der Waals surface area contributed by atoms with Crippen molar-refractivity contribution in [1.29, 1.82) is 0 Å². The highest BCUT2D eigenvalue weighted by Crippen LogP contribution is 2.74. The Labute approximate surface area is 159 Å². The SMILES string of the molecule is C[C@H]1CC(=O)N2C3C(C)(C)[C@@]4(C[C@]35CC[C@]12C(=O)N5C)C(=O)N(C)[C@H]1OC14. The monoisotopic (exact) mass is 373 g/mol. The highest BCUT2D eigenvalue weighted by molar-refractivity contribution is 5.99. The second kappa shape index (κ2) is 4.04. The van der Waals surface area contributed by atoms with E-state index in [-0.39, 0.29) is 42.0 Å². The molecule has 6 saturated heterocycles. The van der Waals surface area contributed by atoms with Gasteiger partial charge in [-0.2, -0.15) is 0 Å². The molecule has 7 nitrogen and oxygen atoms in total. The lowest BCUT2D eigenvalue weighted by Gasteiger charge is -2.65. The van der Waals surface area contributed by atoms with Crippen LogP contribution in [0.5, 0.6) is 0 Å². The molecule has 7 aliphatic rings. The predicted molar refractivity (Wildman–Crippen MR) is 94.1 cm³/mol. The number of nitrogens with zero attached hydrogens (tertiary/aromatic N) is 3. The third-order valence-electron chi connectivity index (χ3n) is 9.50. The molecule has 7 fully saturated rings. The van der Waals surface area contributed by atoms with E-state index in [4.69, 9.17) is 4.74 Å². The third-order valence-corrected chi connectivity index (χ3v) is 9.50. The minimum atomic E-state index is -0.724. The summed E-state index contributed by atoms with van der Waals surface area (Å²) in [4.78, 5) is 45.8. The number of hydrogen-bond acceptors (Lipinski definition) is 4. The van der Waals surface area contributed by atoms with Gasteiger partial charge in [0, 0.05) is 25.9 Å². The number of likely N-dealkylation sites (tertiary alicyclic amines) is 1. The van der Waals surface area contributed by atoms with Gasteiger partial charge in [-0.1, -0.05) is 20.8 Å². The number of rotatable bonds is 0. The van der Waals surface area contributed by atoms with E-state index in [2.05, 4.69) is 13.8 Å². The highest BCUT2D eigenvalue weighted by Gasteiger charge is 2.86. The summed E-state index contributed by atoms with van der Waals surface area (Å²) < 4.78 is 5.94. The lowest BCUT2D eigenvalue weighted by Crippen LogP contribution is -2.81. The Kier molecular flexibility index (Phi) is 2.45. The normalized spacial score (nSPS) is 54.1. The molecule has 0 aromatic carbocycles. The average molecular weight is 373 g/mol. The molecule has 3 spiro atoms. The van der Waals surface area contributed by atoms with Crippen molar-refractivity contribution < 1.29 is 19.1 Å². The number of fused-ring (bicyclic) bond motifs is 4. The predicted octanol–water partition coefficient (Wildman–Crippen LogP) is 0.580. The number of amides is 3. The molecule has 6 heterocycles. The van der Waals surface area contributed by atoms with Gasteiger partial charge < -0.3 is 19.4 Å². The molecule has 146 valence electrons. The fourth-order valence-electron chi connectivity index (χ4n) is 8.16.